The molecule has 2 heterocycles. The van der Waals surface area contributed by atoms with Crippen molar-refractivity contribution in [3.8, 4) is 11.3 Å². The highest BCUT2D eigenvalue weighted by molar-refractivity contribution is 6.01. The molecule has 1 aromatic heterocycles. The van der Waals surface area contributed by atoms with Crippen molar-refractivity contribution in [1.82, 2.24) is 20.0 Å². The summed E-state index contributed by atoms with van der Waals surface area (Å²) in [4.78, 5) is 28.2. The van der Waals surface area contributed by atoms with Crippen LogP contribution in [0, 0.1) is 6.92 Å². The molecule has 1 fully saturated rings. The van der Waals surface area contributed by atoms with E-state index in [1.54, 1.807) is 16.7 Å². The number of aromatic nitrogens is 2. The van der Waals surface area contributed by atoms with Crippen LogP contribution in [-0.4, -0.2) is 64.8 Å². The maximum Gasteiger partial charge on any atom is 0.409 e. The van der Waals surface area contributed by atoms with Crippen molar-refractivity contribution >= 4 is 12.0 Å². The number of carbonyl (C=O) groups excluding carboxylic acids is 2. The molecule has 0 saturated carbocycles. The van der Waals surface area contributed by atoms with Gasteiger partial charge in [-0.2, -0.15) is 5.10 Å². The first-order chi connectivity index (χ1) is 12.1. The Balaban J connectivity index is 1.75. The van der Waals surface area contributed by atoms with Gasteiger partial charge in [-0.3, -0.25) is 9.89 Å². The summed E-state index contributed by atoms with van der Waals surface area (Å²) in [7, 11) is 0. The summed E-state index contributed by atoms with van der Waals surface area (Å²) in [6.45, 7) is 5.90. The minimum absolute atomic E-state index is 0.0615. The SMILES string of the molecule is CCOC(=O)N1CCN(C(=O)c2c(-c3ccccc3)n[nH]c2C)CC1. The fourth-order valence-corrected chi connectivity index (χ4v) is 2.96. The average molecular weight is 342 g/mol. The van der Waals surface area contributed by atoms with Crippen LogP contribution in [0.1, 0.15) is 23.0 Å². The van der Waals surface area contributed by atoms with Crippen LogP contribution in [0.15, 0.2) is 30.3 Å². The fourth-order valence-electron chi connectivity index (χ4n) is 2.96. The number of carbonyl (C=O) groups is 2. The molecule has 7 nitrogen and oxygen atoms in total. The smallest absolute Gasteiger partial charge is 0.409 e. The van der Waals surface area contributed by atoms with E-state index in [-0.39, 0.29) is 12.0 Å². The van der Waals surface area contributed by atoms with E-state index >= 15 is 0 Å². The quantitative estimate of drug-likeness (QED) is 0.928. The molecule has 132 valence electrons. The zero-order valence-corrected chi connectivity index (χ0v) is 14.5. The van der Waals surface area contributed by atoms with Gasteiger partial charge in [-0.25, -0.2) is 4.79 Å². The van der Waals surface area contributed by atoms with Crippen LogP contribution in [0.25, 0.3) is 11.3 Å². The number of rotatable bonds is 3. The Morgan fingerprint density at radius 2 is 1.76 bits per heavy atom. The number of piperazine rings is 1. The Labute approximate surface area is 146 Å². The summed E-state index contributed by atoms with van der Waals surface area (Å²) in [5, 5.41) is 7.23. The first-order valence-corrected chi connectivity index (χ1v) is 8.43. The highest BCUT2D eigenvalue weighted by Gasteiger charge is 2.29. The van der Waals surface area contributed by atoms with Crippen molar-refractivity contribution in [3.63, 3.8) is 0 Å². The summed E-state index contributed by atoms with van der Waals surface area (Å²) in [5.74, 6) is -0.0615. The number of nitrogens with one attached hydrogen (secondary N) is 1. The third-order valence-electron chi connectivity index (χ3n) is 4.30. The van der Waals surface area contributed by atoms with Gasteiger partial charge >= 0.3 is 6.09 Å². The zero-order valence-electron chi connectivity index (χ0n) is 14.5. The monoisotopic (exact) mass is 342 g/mol. The Morgan fingerprint density at radius 1 is 1.12 bits per heavy atom. The standard InChI is InChI=1S/C18H22N4O3/c1-3-25-18(24)22-11-9-21(10-12-22)17(23)15-13(2)19-20-16(15)14-7-5-4-6-8-14/h4-8H,3,9-12H2,1-2H3,(H,19,20). The molecule has 3 rings (SSSR count). The van der Waals surface area contributed by atoms with Crippen LogP contribution >= 0.6 is 0 Å². The first-order valence-electron chi connectivity index (χ1n) is 8.43. The summed E-state index contributed by atoms with van der Waals surface area (Å²) in [6, 6.07) is 9.65. The van der Waals surface area contributed by atoms with Crippen molar-refractivity contribution in [2.24, 2.45) is 0 Å². The van der Waals surface area contributed by atoms with Gasteiger partial charge in [0.2, 0.25) is 0 Å². The van der Waals surface area contributed by atoms with Gasteiger partial charge < -0.3 is 14.5 Å². The second kappa shape index (κ2) is 7.38. The molecule has 1 aromatic carbocycles. The molecular weight excluding hydrogens is 320 g/mol. The number of aryl methyl sites for hydroxylation is 1. The van der Waals surface area contributed by atoms with E-state index in [1.165, 1.54) is 0 Å². The second-order valence-corrected chi connectivity index (χ2v) is 5.92. The van der Waals surface area contributed by atoms with Crippen LogP contribution in [0.3, 0.4) is 0 Å². The predicted octanol–water partition coefficient (Wildman–Crippen LogP) is 2.30. The minimum Gasteiger partial charge on any atom is -0.450 e. The molecule has 0 atom stereocenters. The van der Waals surface area contributed by atoms with Crippen LogP contribution in [0.4, 0.5) is 4.79 Å². The lowest BCUT2D eigenvalue weighted by atomic mass is 10.0. The van der Waals surface area contributed by atoms with Crippen molar-refractivity contribution in [2.45, 2.75) is 13.8 Å². The lowest BCUT2D eigenvalue weighted by Crippen LogP contribution is -2.50. The molecule has 0 unspecified atom stereocenters. The molecular formula is C18H22N4O3. The fraction of sp³-hybridized carbons (Fsp3) is 0.389. The highest BCUT2D eigenvalue weighted by Crippen LogP contribution is 2.25. The average Bonchev–Trinajstić information content (AvgIpc) is 3.03. The van der Waals surface area contributed by atoms with Gasteiger partial charge in [0.1, 0.15) is 5.69 Å². The maximum absolute atomic E-state index is 13.0. The summed E-state index contributed by atoms with van der Waals surface area (Å²) < 4.78 is 5.01. The largest absolute Gasteiger partial charge is 0.450 e. The first kappa shape index (κ1) is 17.0. The third-order valence-corrected chi connectivity index (χ3v) is 4.30. The Kier molecular flexibility index (Phi) is 5.02. The van der Waals surface area contributed by atoms with Crippen LogP contribution in [0.2, 0.25) is 0 Å². The molecule has 0 bridgehead atoms. The van der Waals surface area contributed by atoms with Gasteiger partial charge in [0.15, 0.2) is 0 Å². The number of aromatic amines is 1. The summed E-state index contributed by atoms with van der Waals surface area (Å²) in [6.07, 6.45) is -0.320. The molecule has 1 N–H and O–H groups in total. The van der Waals surface area contributed by atoms with E-state index in [0.717, 1.165) is 11.3 Å². The number of hydrogen-bond acceptors (Lipinski definition) is 4. The van der Waals surface area contributed by atoms with Crippen molar-refractivity contribution in [2.75, 3.05) is 32.8 Å². The summed E-state index contributed by atoms with van der Waals surface area (Å²) >= 11 is 0. The van der Waals surface area contributed by atoms with E-state index in [1.807, 2.05) is 37.3 Å². The normalized spacial score (nSPS) is 14.5. The molecule has 0 spiro atoms. The Bertz CT molecular complexity index is 749. The van der Waals surface area contributed by atoms with Gasteiger partial charge in [0.05, 0.1) is 12.2 Å². The zero-order chi connectivity index (χ0) is 17.8. The number of H-pyrrole nitrogens is 1. The molecule has 2 aromatic rings. The third kappa shape index (κ3) is 3.50. The molecule has 0 aliphatic carbocycles. The summed E-state index contributed by atoms with van der Waals surface area (Å²) in [5.41, 5.74) is 2.91. The van der Waals surface area contributed by atoms with E-state index < -0.39 is 0 Å². The van der Waals surface area contributed by atoms with E-state index in [0.29, 0.717) is 44.0 Å². The highest BCUT2D eigenvalue weighted by atomic mass is 16.6. The van der Waals surface area contributed by atoms with Crippen molar-refractivity contribution < 1.29 is 14.3 Å². The van der Waals surface area contributed by atoms with E-state index in [9.17, 15) is 9.59 Å². The van der Waals surface area contributed by atoms with Crippen LogP contribution < -0.4 is 0 Å². The number of benzene rings is 1. The predicted molar refractivity (Wildman–Crippen MR) is 93.3 cm³/mol. The molecule has 2 amide bonds. The van der Waals surface area contributed by atoms with Gasteiger partial charge in [-0.1, -0.05) is 30.3 Å². The number of nitrogens with zero attached hydrogens (tertiary/aromatic N) is 3. The molecule has 1 aliphatic heterocycles. The lowest BCUT2D eigenvalue weighted by molar-refractivity contribution is 0.0570. The van der Waals surface area contributed by atoms with E-state index in [2.05, 4.69) is 10.2 Å². The van der Waals surface area contributed by atoms with E-state index in [4.69, 9.17) is 4.74 Å². The van der Waals surface area contributed by atoms with Gasteiger partial charge in [0, 0.05) is 37.4 Å². The Hall–Kier alpha value is -2.83. The molecule has 25 heavy (non-hydrogen) atoms. The maximum atomic E-state index is 13.0. The topological polar surface area (TPSA) is 78.5 Å². The lowest BCUT2D eigenvalue weighted by Gasteiger charge is -2.34. The number of hydrogen-bond donors (Lipinski definition) is 1. The van der Waals surface area contributed by atoms with Gasteiger partial charge in [-0.05, 0) is 13.8 Å². The number of amides is 2. The van der Waals surface area contributed by atoms with Crippen LogP contribution in [0.5, 0.6) is 0 Å². The minimum atomic E-state index is -0.320. The van der Waals surface area contributed by atoms with Gasteiger partial charge in [-0.15, -0.1) is 0 Å². The Morgan fingerprint density at radius 3 is 2.40 bits per heavy atom. The van der Waals surface area contributed by atoms with Gasteiger partial charge in [0.25, 0.3) is 5.91 Å². The molecule has 1 aliphatic rings. The molecule has 7 heteroatoms. The second-order valence-electron chi connectivity index (χ2n) is 5.92. The molecule has 0 radical (unpaired) electrons. The molecule has 1 saturated heterocycles. The number of ether oxygens (including phenoxy) is 1. The van der Waals surface area contributed by atoms with Crippen LogP contribution in [-0.2, 0) is 4.74 Å². The van der Waals surface area contributed by atoms with Crippen molar-refractivity contribution in [3.05, 3.63) is 41.6 Å². The van der Waals surface area contributed by atoms with Crippen molar-refractivity contribution in [1.29, 1.82) is 0 Å².